The van der Waals surface area contributed by atoms with E-state index in [0.717, 1.165) is 0 Å². The van der Waals surface area contributed by atoms with E-state index >= 15 is 0 Å². The number of aliphatic hydroxyl groups is 21. The largest absolute Gasteiger partial charge is 0.394 e. The second-order valence-corrected chi connectivity index (χ2v) is 19.7. The molecule has 21 aliphatic heterocycles. The Balaban J connectivity index is 1.08. The van der Waals surface area contributed by atoms with Gasteiger partial charge in [0.05, 0.1) is 46.2 Å². The molecule has 77 heavy (non-hydrogen) atoms. The van der Waals surface area contributed by atoms with Crippen molar-refractivity contribution < 1.29 is 174 Å². The van der Waals surface area contributed by atoms with Gasteiger partial charge in [-0.3, -0.25) is 0 Å². The van der Waals surface area contributed by atoms with E-state index in [9.17, 15) is 107 Å². The van der Waals surface area contributed by atoms with Crippen molar-refractivity contribution in [2.24, 2.45) is 0 Å². The first-order chi connectivity index (χ1) is 36.7. The monoisotopic (exact) mass is 1130 g/mol. The van der Waals surface area contributed by atoms with Crippen molar-refractivity contribution in [3.05, 3.63) is 0 Å². The van der Waals surface area contributed by atoms with E-state index in [1.807, 2.05) is 0 Å². The lowest BCUT2D eigenvalue weighted by Gasteiger charge is -2.50. The van der Waals surface area contributed by atoms with Gasteiger partial charge < -0.3 is 174 Å². The fourth-order valence-electron chi connectivity index (χ4n) is 10.4. The van der Waals surface area contributed by atoms with Gasteiger partial charge in [-0.05, 0) is 0 Å². The molecule has 0 aliphatic carbocycles. The van der Waals surface area contributed by atoms with E-state index in [1.165, 1.54) is 0 Å². The van der Waals surface area contributed by atoms with E-state index in [0.29, 0.717) is 0 Å². The lowest BCUT2D eigenvalue weighted by atomic mass is 9.95. The van der Waals surface area contributed by atoms with Crippen LogP contribution in [-0.4, -0.2) is 368 Å². The smallest absolute Gasteiger partial charge is 0.187 e. The molecule has 18 unspecified atom stereocenters. The molecule has 0 amide bonds. The lowest BCUT2D eigenvalue weighted by Crippen LogP contribution is -2.68. The number of hydrogen-bond donors (Lipinski definition) is 21. The summed E-state index contributed by atoms with van der Waals surface area (Å²) in [7, 11) is 0. The summed E-state index contributed by atoms with van der Waals surface area (Å²) in [4.78, 5) is 0. The van der Waals surface area contributed by atoms with E-state index in [2.05, 4.69) is 0 Å². The fourth-order valence-corrected chi connectivity index (χ4v) is 10.4. The summed E-state index contributed by atoms with van der Waals surface area (Å²) in [6.07, 6.45) is -70.2. The Kier molecular flexibility index (Phi) is 20.8. The van der Waals surface area contributed by atoms with Gasteiger partial charge in [0.2, 0.25) is 0 Å². The minimum Gasteiger partial charge on any atom is -0.394 e. The number of ether oxygens (including phenoxy) is 14. The van der Waals surface area contributed by atoms with Crippen LogP contribution in [-0.2, 0) is 66.3 Å². The molecule has 35 atom stereocenters. The zero-order chi connectivity index (χ0) is 56.1. The van der Waals surface area contributed by atoms with Gasteiger partial charge >= 0.3 is 0 Å². The molecule has 448 valence electrons. The van der Waals surface area contributed by atoms with Gasteiger partial charge in [-0.2, -0.15) is 0 Å². The molecule has 21 N–H and O–H groups in total. The molecule has 35 nitrogen and oxygen atoms in total. The van der Waals surface area contributed by atoms with Crippen molar-refractivity contribution in [2.75, 3.05) is 46.2 Å². The maximum atomic E-state index is 11.3. The molecule has 21 heterocycles. The third-order valence-corrected chi connectivity index (χ3v) is 14.8. The minimum atomic E-state index is -2.21. The van der Waals surface area contributed by atoms with Crippen LogP contribution in [0.4, 0.5) is 0 Å². The molecule has 0 radical (unpaired) electrons. The molecule has 0 saturated carbocycles. The molecule has 0 aromatic rings. The molecule has 21 saturated heterocycles. The van der Waals surface area contributed by atoms with Crippen LogP contribution in [0.1, 0.15) is 0 Å². The van der Waals surface area contributed by atoms with Gasteiger partial charge in [0, 0.05) is 0 Å². The van der Waals surface area contributed by atoms with Gasteiger partial charge in [0.25, 0.3) is 0 Å². The van der Waals surface area contributed by atoms with Crippen LogP contribution in [0.5, 0.6) is 0 Å². The maximum Gasteiger partial charge on any atom is 0.187 e. The van der Waals surface area contributed by atoms with Crippen LogP contribution in [0.2, 0.25) is 0 Å². The third kappa shape index (κ3) is 12.1. The Bertz CT molecular complexity index is 1470. The SMILES string of the molecule is OCC1O[C@@H]2O[C@@H]3C(CO)O[C@H](O[C@@H]4C(CO)O[C@H](O[C@@H]5C(CO)O[C@H](O[C@@H]6C(CO)O[C@H](O[C@@H]7C(CO)O[C@H](O[C@@H]8C(CO)O[C@H](O[C@H]1C(O)C2O)C(O)C8O)[C@H](O)C7O)C(O)C6O)C(O)[C@H]5O)C(O)C4O)C(O)[C@H]3O. The summed E-state index contributed by atoms with van der Waals surface area (Å²) >= 11 is 0. The third-order valence-electron chi connectivity index (χ3n) is 14.8. The Morgan fingerprint density at radius 2 is 0.260 bits per heavy atom. The van der Waals surface area contributed by atoms with Gasteiger partial charge in [0.1, 0.15) is 171 Å². The standard InChI is InChI=1S/C42H70O35/c43-1-8-29-15(50)22(57)36(64-8)72-30-9(2-44)66-38(24(59)17(30)52)74-32-11(4-46)68-40(26(61)19(32)54)76-34-13(6-48)70-42(28(63)21(34)56)77-35-14(7-49)69-41(27(62)20(35)55)75-33-12(5-47)67-39(25(60)18(33)53)73-31-10(3-45)65-37(71-29)23(58)16(31)51/h8-63H,1-7H2/t8?,9?,10?,11?,12?,13?,14?,15-,16?,17?,18-,19?,20?,21?,22?,23?,24?,25?,26-,27?,28?,29-,30-,31-,32-,33-,34-,35-,36-,37-,38-,39-,40-,41-,42-/m1/s1. The molecule has 21 aliphatic rings. The maximum absolute atomic E-state index is 11.3. The average molecular weight is 1130 g/mol. The van der Waals surface area contributed by atoms with E-state index in [4.69, 9.17) is 66.3 Å². The zero-order valence-corrected chi connectivity index (χ0v) is 40.3. The highest BCUT2D eigenvalue weighted by atomic mass is 16.8. The summed E-state index contributed by atoms with van der Waals surface area (Å²) in [5, 5.41) is 230. The van der Waals surface area contributed by atoms with Crippen LogP contribution < -0.4 is 0 Å². The molecule has 0 aromatic carbocycles. The number of aliphatic hydroxyl groups excluding tert-OH is 21. The van der Waals surface area contributed by atoms with Gasteiger partial charge in [0.15, 0.2) is 44.0 Å². The summed E-state index contributed by atoms with van der Waals surface area (Å²) < 4.78 is 79.5. The minimum absolute atomic E-state index is 1.05. The Morgan fingerprint density at radius 3 is 0.351 bits per heavy atom. The van der Waals surface area contributed by atoms with Crippen LogP contribution in [0.25, 0.3) is 0 Å². The first-order valence-electron chi connectivity index (χ1n) is 24.6. The number of rotatable bonds is 7. The molecule has 35 heteroatoms. The summed E-state index contributed by atoms with van der Waals surface area (Å²) in [6, 6.07) is 0. The van der Waals surface area contributed by atoms with E-state index < -0.39 is 261 Å². The van der Waals surface area contributed by atoms with Crippen LogP contribution >= 0.6 is 0 Å². The van der Waals surface area contributed by atoms with E-state index in [-0.39, 0.29) is 0 Å². The normalized spacial score (nSPS) is 55.4. The van der Waals surface area contributed by atoms with Crippen molar-refractivity contribution in [1.29, 1.82) is 0 Å². The van der Waals surface area contributed by atoms with Crippen molar-refractivity contribution in [3.8, 4) is 0 Å². The molecular formula is C42H70O35. The molecule has 14 bridgehead atoms. The number of hydrogen-bond acceptors (Lipinski definition) is 35. The van der Waals surface area contributed by atoms with Gasteiger partial charge in [-0.15, -0.1) is 0 Å². The van der Waals surface area contributed by atoms with Gasteiger partial charge in [-0.25, -0.2) is 0 Å². The Hall–Kier alpha value is -1.40. The topological polar surface area (TPSA) is 554 Å². The molecule has 0 aromatic heterocycles. The predicted molar refractivity (Wildman–Crippen MR) is 228 cm³/mol. The molecule has 21 fully saturated rings. The first-order valence-corrected chi connectivity index (χ1v) is 24.6. The summed E-state index contributed by atoms with van der Waals surface area (Å²) in [5.41, 5.74) is 0. The summed E-state index contributed by atoms with van der Waals surface area (Å²) in [5.74, 6) is 0. The van der Waals surface area contributed by atoms with Crippen LogP contribution in [0, 0.1) is 0 Å². The first kappa shape index (κ1) is 61.7. The lowest BCUT2D eigenvalue weighted by molar-refractivity contribution is -0.396. The second-order valence-electron chi connectivity index (χ2n) is 19.7. The van der Waals surface area contributed by atoms with Crippen LogP contribution in [0.3, 0.4) is 0 Å². The van der Waals surface area contributed by atoms with Crippen LogP contribution in [0.15, 0.2) is 0 Å². The van der Waals surface area contributed by atoms with Crippen molar-refractivity contribution in [1.82, 2.24) is 0 Å². The van der Waals surface area contributed by atoms with Gasteiger partial charge in [-0.1, -0.05) is 0 Å². The van der Waals surface area contributed by atoms with Crippen molar-refractivity contribution >= 4 is 0 Å². The quantitative estimate of drug-likeness (QED) is 0.113. The van der Waals surface area contributed by atoms with Crippen molar-refractivity contribution in [3.63, 3.8) is 0 Å². The molecule has 0 spiro atoms. The predicted octanol–water partition coefficient (Wildman–Crippen LogP) is -15.2. The highest BCUT2D eigenvalue weighted by molar-refractivity contribution is 5.01. The zero-order valence-electron chi connectivity index (χ0n) is 40.3. The molecular weight excluding hydrogens is 1060 g/mol. The fraction of sp³-hybridized carbons (Fsp3) is 1.00. The van der Waals surface area contributed by atoms with E-state index in [1.54, 1.807) is 0 Å². The summed E-state index contributed by atoms with van der Waals surface area (Å²) in [6.45, 7) is -7.33. The average Bonchev–Trinajstić information content (AvgIpc) is 3.47. The Labute approximate surface area is 434 Å². The second kappa shape index (κ2) is 26.0. The Morgan fingerprint density at radius 1 is 0.156 bits per heavy atom. The molecule has 21 rings (SSSR count). The van der Waals surface area contributed by atoms with Crippen molar-refractivity contribution in [2.45, 2.75) is 215 Å². The highest BCUT2D eigenvalue weighted by Gasteiger charge is 2.59. The highest BCUT2D eigenvalue weighted by Crippen LogP contribution is 2.39.